The fourth-order valence-electron chi connectivity index (χ4n) is 11.1. The summed E-state index contributed by atoms with van der Waals surface area (Å²) in [7, 11) is 3.39. The molecule has 1 heterocycles. The van der Waals surface area contributed by atoms with Crippen molar-refractivity contribution in [1.29, 1.82) is 0 Å². The molecule has 1 aliphatic heterocycles. The van der Waals surface area contributed by atoms with Crippen LogP contribution in [0, 0.1) is 70.0 Å². The number of Topliss-reactive ketones (excluding diaryl/α,β-unsaturated/α-hetero) is 1. The van der Waals surface area contributed by atoms with E-state index in [1.807, 2.05) is 0 Å². The van der Waals surface area contributed by atoms with E-state index in [4.69, 9.17) is 14.2 Å². The van der Waals surface area contributed by atoms with E-state index in [1.165, 1.54) is 0 Å². The largest absolute Gasteiger partial charge is 0.393 e. The second-order valence-corrected chi connectivity index (χ2v) is 10.1. The molecule has 4 bridgehead atoms. The summed E-state index contributed by atoms with van der Waals surface area (Å²) in [5.41, 5.74) is -1.13. The predicted molar refractivity (Wildman–Crippen MR) is 86.4 cm³/mol. The average molecular weight is 368 g/mol. The molecular formula is C21H20O6. The number of allylic oxidation sites excluding steroid dienone is 2. The van der Waals surface area contributed by atoms with Gasteiger partial charge in [0, 0.05) is 43.3 Å². The Balaban J connectivity index is 1.51. The van der Waals surface area contributed by atoms with Crippen LogP contribution in [0.2, 0.25) is 0 Å². The first kappa shape index (κ1) is 14.5. The highest BCUT2D eigenvalue weighted by atomic mass is 16.7. The van der Waals surface area contributed by atoms with Crippen molar-refractivity contribution in [2.24, 2.45) is 70.0 Å². The smallest absolute Gasteiger partial charge is 0.318 e. The molecule has 9 aliphatic rings. The molecule has 1 saturated heterocycles. The lowest BCUT2D eigenvalue weighted by Gasteiger charge is -2.77. The Morgan fingerprint density at radius 2 is 1.56 bits per heavy atom. The van der Waals surface area contributed by atoms with Crippen LogP contribution in [0.15, 0.2) is 12.2 Å². The summed E-state index contributed by atoms with van der Waals surface area (Å²) < 4.78 is 17.6. The molecule has 6 heteroatoms. The lowest BCUT2D eigenvalue weighted by Crippen LogP contribution is -2.83. The van der Waals surface area contributed by atoms with Crippen molar-refractivity contribution >= 4 is 17.7 Å². The molecule has 0 radical (unpaired) electrons. The highest BCUT2D eigenvalue weighted by Gasteiger charge is 3.04. The third-order valence-electron chi connectivity index (χ3n) is 10.7. The number of hydrogen-bond acceptors (Lipinski definition) is 6. The number of carbonyl (C=O) groups excluding carboxylic acids is 3. The molecule has 0 aromatic rings. The van der Waals surface area contributed by atoms with Crippen molar-refractivity contribution in [3.05, 3.63) is 12.2 Å². The van der Waals surface area contributed by atoms with E-state index >= 15 is 0 Å². The Morgan fingerprint density at radius 3 is 2.26 bits per heavy atom. The summed E-state index contributed by atoms with van der Waals surface area (Å²) in [6.07, 6.45) is 5.23. The third-order valence-corrected chi connectivity index (χ3v) is 10.7. The lowest BCUT2D eigenvalue weighted by molar-refractivity contribution is -0.392. The van der Waals surface area contributed by atoms with Gasteiger partial charge in [0.05, 0.1) is 17.3 Å². The zero-order valence-electron chi connectivity index (χ0n) is 15.1. The van der Waals surface area contributed by atoms with Gasteiger partial charge in [-0.3, -0.25) is 14.4 Å². The standard InChI is InChI=1S/C21H20O6/c1-25-21(26-2)13-7-5-6-10(13)16(22)19-8-3-4-9(20(19,21)15(7)14(6)19)12-11(8)17(23)27-18(12)24/h3-4,6-15H,5H2,1-2H3/t6-,7+,8+,9-,10-,11?,12?,13+,14+,15-,19-,20-/m0/s1. The topological polar surface area (TPSA) is 78.9 Å². The van der Waals surface area contributed by atoms with Gasteiger partial charge in [0.15, 0.2) is 5.79 Å². The second-order valence-electron chi connectivity index (χ2n) is 10.1. The fourth-order valence-corrected chi connectivity index (χ4v) is 11.1. The maximum Gasteiger partial charge on any atom is 0.318 e. The molecule has 8 aliphatic carbocycles. The van der Waals surface area contributed by atoms with Gasteiger partial charge >= 0.3 is 11.9 Å². The molecule has 0 aromatic heterocycles. The Kier molecular flexibility index (Phi) is 1.91. The maximum absolute atomic E-state index is 14.0. The number of fused-ring (bicyclic) bond motifs is 1. The number of esters is 2. The van der Waals surface area contributed by atoms with E-state index in [0.29, 0.717) is 29.5 Å². The van der Waals surface area contributed by atoms with Gasteiger partial charge in [-0.05, 0) is 30.1 Å². The van der Waals surface area contributed by atoms with Gasteiger partial charge in [-0.1, -0.05) is 12.2 Å². The van der Waals surface area contributed by atoms with Crippen LogP contribution >= 0.6 is 0 Å². The van der Waals surface area contributed by atoms with Crippen molar-refractivity contribution in [1.82, 2.24) is 0 Å². The van der Waals surface area contributed by atoms with E-state index < -0.39 is 40.4 Å². The number of hydrogen-bond donors (Lipinski definition) is 0. The molecule has 2 spiro atoms. The van der Waals surface area contributed by atoms with Crippen molar-refractivity contribution in [3.63, 3.8) is 0 Å². The number of cyclic esters (lactones) is 2. The van der Waals surface area contributed by atoms with E-state index in [-0.39, 0.29) is 23.7 Å². The summed E-state index contributed by atoms with van der Waals surface area (Å²) in [5, 5.41) is 0. The Morgan fingerprint density at radius 1 is 0.889 bits per heavy atom. The number of methoxy groups -OCH3 is 2. The van der Waals surface area contributed by atoms with Gasteiger partial charge in [-0.25, -0.2) is 0 Å². The fraction of sp³-hybridized carbons (Fsp3) is 0.762. The molecule has 0 amide bonds. The number of rotatable bonds is 2. The molecule has 2 unspecified atom stereocenters. The second kappa shape index (κ2) is 3.57. The molecule has 6 nitrogen and oxygen atoms in total. The first-order chi connectivity index (χ1) is 13.0. The van der Waals surface area contributed by atoms with Crippen molar-refractivity contribution < 1.29 is 28.6 Å². The Labute approximate surface area is 155 Å². The average Bonchev–Trinajstić information content (AvgIpc) is 3.29. The summed E-state index contributed by atoms with van der Waals surface area (Å²) in [4.78, 5) is 39.3. The minimum atomic E-state index is -0.840. The molecular weight excluding hydrogens is 348 g/mol. The molecule has 0 N–H and O–H groups in total. The van der Waals surface area contributed by atoms with Crippen LogP contribution in [0.4, 0.5) is 0 Å². The third kappa shape index (κ3) is 0.866. The maximum atomic E-state index is 14.0. The van der Waals surface area contributed by atoms with E-state index in [0.717, 1.165) is 6.42 Å². The molecule has 0 aromatic carbocycles. The normalized spacial score (nSPS) is 65.8. The zero-order valence-corrected chi connectivity index (χ0v) is 15.1. The van der Waals surface area contributed by atoms with Crippen LogP contribution in [0.25, 0.3) is 0 Å². The van der Waals surface area contributed by atoms with Gasteiger partial charge in [0.25, 0.3) is 0 Å². The number of ether oxygens (including phenoxy) is 3. The zero-order chi connectivity index (χ0) is 18.2. The quantitative estimate of drug-likeness (QED) is 0.311. The van der Waals surface area contributed by atoms with Crippen molar-refractivity contribution in [3.8, 4) is 0 Å². The Bertz CT molecular complexity index is 933. The first-order valence-electron chi connectivity index (χ1n) is 10.1. The van der Waals surface area contributed by atoms with Crippen molar-refractivity contribution in [2.75, 3.05) is 14.2 Å². The summed E-state index contributed by atoms with van der Waals surface area (Å²) in [6.45, 7) is 0. The molecule has 6 saturated carbocycles. The van der Waals surface area contributed by atoms with E-state index in [9.17, 15) is 14.4 Å². The highest BCUT2D eigenvalue weighted by Crippen LogP contribution is 2.99. The highest BCUT2D eigenvalue weighted by molar-refractivity contribution is 6.03. The number of ketones is 1. The number of carbonyl (C=O) groups is 3. The van der Waals surface area contributed by atoms with Gasteiger partial charge < -0.3 is 14.2 Å². The van der Waals surface area contributed by atoms with Crippen LogP contribution in [0.3, 0.4) is 0 Å². The molecule has 27 heavy (non-hydrogen) atoms. The monoisotopic (exact) mass is 368 g/mol. The van der Waals surface area contributed by atoms with Crippen LogP contribution in [0.5, 0.6) is 0 Å². The van der Waals surface area contributed by atoms with Crippen molar-refractivity contribution in [2.45, 2.75) is 12.2 Å². The first-order valence-corrected chi connectivity index (χ1v) is 10.1. The summed E-state index contributed by atoms with van der Waals surface area (Å²) in [6, 6.07) is 0. The minimum Gasteiger partial charge on any atom is -0.393 e. The summed E-state index contributed by atoms with van der Waals surface area (Å²) in [5.74, 6) is -1.24. The Hall–Kier alpha value is -1.53. The molecule has 140 valence electrons. The van der Waals surface area contributed by atoms with Gasteiger partial charge in [-0.15, -0.1) is 0 Å². The van der Waals surface area contributed by atoms with Crippen LogP contribution < -0.4 is 0 Å². The van der Waals surface area contributed by atoms with Gasteiger partial charge in [0.2, 0.25) is 0 Å². The predicted octanol–water partition coefficient (Wildman–Crippen LogP) is 0.804. The minimum absolute atomic E-state index is 0.00824. The van der Waals surface area contributed by atoms with Crippen LogP contribution in [-0.2, 0) is 28.6 Å². The SMILES string of the molecule is COC1(OC)[C@@H]2[C@H]3C[C@H]4[C@@H]2C(=O)[C@]25[C@H]4[C@H]3[C@]12[C@H]1C=C[C@@H]5C2C(=O)OC(=O)C21. The molecule has 9 rings (SSSR count). The molecule has 7 fully saturated rings. The lowest BCUT2D eigenvalue weighted by atomic mass is 9.25. The van der Waals surface area contributed by atoms with Crippen LogP contribution in [0.1, 0.15) is 6.42 Å². The van der Waals surface area contributed by atoms with Crippen LogP contribution in [-0.4, -0.2) is 37.7 Å². The van der Waals surface area contributed by atoms with Gasteiger partial charge in [0.1, 0.15) is 5.78 Å². The summed E-state index contributed by atoms with van der Waals surface area (Å²) >= 11 is 0. The molecule has 12 atom stereocenters. The van der Waals surface area contributed by atoms with E-state index in [1.54, 1.807) is 14.2 Å². The van der Waals surface area contributed by atoms with E-state index in [2.05, 4.69) is 12.2 Å². The van der Waals surface area contributed by atoms with Gasteiger partial charge in [-0.2, -0.15) is 0 Å².